The summed E-state index contributed by atoms with van der Waals surface area (Å²) in [4.78, 5) is 22.1. The molecule has 0 aliphatic carbocycles. The summed E-state index contributed by atoms with van der Waals surface area (Å²) < 4.78 is 5.06. The molecule has 0 aliphatic heterocycles. The smallest absolute Gasteiger partial charge is 0.371 e. The number of aliphatic carboxylic acids is 1. The summed E-state index contributed by atoms with van der Waals surface area (Å²) in [6.45, 7) is 0. The molecule has 110 valence electrons. The van der Waals surface area contributed by atoms with E-state index in [0.29, 0.717) is 15.6 Å². The Morgan fingerprint density at radius 1 is 1.10 bits per heavy atom. The van der Waals surface area contributed by atoms with Crippen LogP contribution in [0.25, 0.3) is 0 Å². The summed E-state index contributed by atoms with van der Waals surface area (Å²) in [6.07, 6.45) is 0.110. The number of carbonyl (C=O) groups is 2. The number of benzene rings is 1. The third-order valence-corrected chi connectivity index (χ3v) is 3.64. The minimum atomic E-state index is -1.25. The molecule has 1 atom stereocenters. The number of aromatic carboxylic acids is 1. The SMILES string of the molecule is O=C(O)c1ccc(C(Cc2ccc(Cl)c(Cl)c2)C(=O)O)o1. The summed E-state index contributed by atoms with van der Waals surface area (Å²) >= 11 is 11.7. The van der Waals surface area contributed by atoms with E-state index in [1.54, 1.807) is 18.2 Å². The van der Waals surface area contributed by atoms with Gasteiger partial charge in [0, 0.05) is 0 Å². The van der Waals surface area contributed by atoms with Crippen LogP contribution in [0, 0.1) is 0 Å². The van der Waals surface area contributed by atoms with Crippen molar-refractivity contribution in [2.24, 2.45) is 0 Å². The van der Waals surface area contributed by atoms with Crippen molar-refractivity contribution in [1.29, 1.82) is 0 Å². The highest BCUT2D eigenvalue weighted by Gasteiger charge is 2.25. The van der Waals surface area contributed by atoms with E-state index in [1.807, 2.05) is 0 Å². The number of rotatable bonds is 5. The molecule has 2 aromatic rings. The monoisotopic (exact) mass is 328 g/mol. The molecule has 21 heavy (non-hydrogen) atoms. The first-order valence-electron chi connectivity index (χ1n) is 5.88. The van der Waals surface area contributed by atoms with Gasteiger partial charge in [-0.2, -0.15) is 0 Å². The number of hydrogen-bond acceptors (Lipinski definition) is 3. The van der Waals surface area contributed by atoms with Crippen molar-refractivity contribution in [1.82, 2.24) is 0 Å². The fourth-order valence-corrected chi connectivity index (χ4v) is 2.19. The molecule has 2 rings (SSSR count). The lowest BCUT2D eigenvalue weighted by Crippen LogP contribution is -2.14. The van der Waals surface area contributed by atoms with Crippen LogP contribution < -0.4 is 0 Å². The third kappa shape index (κ3) is 3.56. The Balaban J connectivity index is 2.28. The predicted octanol–water partition coefficient (Wildman–Crippen LogP) is 3.70. The van der Waals surface area contributed by atoms with Gasteiger partial charge in [-0.1, -0.05) is 29.3 Å². The van der Waals surface area contributed by atoms with Crippen LogP contribution in [0.4, 0.5) is 0 Å². The maximum absolute atomic E-state index is 11.4. The lowest BCUT2D eigenvalue weighted by atomic mass is 9.97. The molecule has 1 aromatic carbocycles. The quantitative estimate of drug-likeness (QED) is 0.873. The molecule has 0 spiro atoms. The van der Waals surface area contributed by atoms with Crippen molar-refractivity contribution in [2.45, 2.75) is 12.3 Å². The normalized spacial score (nSPS) is 12.1. The molecule has 0 saturated heterocycles. The Labute approximate surface area is 129 Å². The number of furan rings is 1. The average molecular weight is 329 g/mol. The molecule has 2 N–H and O–H groups in total. The van der Waals surface area contributed by atoms with Crippen molar-refractivity contribution in [2.75, 3.05) is 0 Å². The molecule has 5 nitrogen and oxygen atoms in total. The average Bonchev–Trinajstić information content (AvgIpc) is 2.89. The van der Waals surface area contributed by atoms with Crippen molar-refractivity contribution in [3.05, 3.63) is 57.5 Å². The molecule has 0 aliphatic rings. The van der Waals surface area contributed by atoms with Crippen LogP contribution in [-0.2, 0) is 11.2 Å². The first kappa shape index (κ1) is 15.4. The second kappa shape index (κ2) is 6.20. The number of carboxylic acid groups (broad SMARTS) is 2. The zero-order valence-corrected chi connectivity index (χ0v) is 12.1. The second-order valence-corrected chi connectivity index (χ2v) is 5.16. The largest absolute Gasteiger partial charge is 0.481 e. The van der Waals surface area contributed by atoms with Gasteiger partial charge in [0.1, 0.15) is 11.7 Å². The molecule has 0 bridgehead atoms. The van der Waals surface area contributed by atoms with E-state index < -0.39 is 17.9 Å². The topological polar surface area (TPSA) is 87.7 Å². The van der Waals surface area contributed by atoms with E-state index >= 15 is 0 Å². The maximum Gasteiger partial charge on any atom is 0.371 e. The highest BCUT2D eigenvalue weighted by Crippen LogP contribution is 2.28. The van der Waals surface area contributed by atoms with Crippen molar-refractivity contribution < 1.29 is 24.2 Å². The van der Waals surface area contributed by atoms with Gasteiger partial charge in [-0.15, -0.1) is 0 Å². The van der Waals surface area contributed by atoms with E-state index in [9.17, 15) is 14.7 Å². The summed E-state index contributed by atoms with van der Waals surface area (Å²) in [7, 11) is 0. The Hall–Kier alpha value is -1.98. The van der Waals surface area contributed by atoms with Crippen molar-refractivity contribution in [3.63, 3.8) is 0 Å². The molecule has 1 aromatic heterocycles. The Bertz CT molecular complexity index is 692. The number of carboxylic acids is 2. The minimum Gasteiger partial charge on any atom is -0.481 e. The fourth-order valence-electron chi connectivity index (χ4n) is 1.87. The molecular weight excluding hydrogens is 319 g/mol. The first-order valence-corrected chi connectivity index (χ1v) is 6.64. The molecule has 1 unspecified atom stereocenters. The van der Waals surface area contributed by atoms with Crippen LogP contribution in [0.5, 0.6) is 0 Å². The van der Waals surface area contributed by atoms with E-state index in [0.717, 1.165) is 0 Å². The van der Waals surface area contributed by atoms with Gasteiger partial charge < -0.3 is 14.6 Å². The predicted molar refractivity (Wildman–Crippen MR) is 76.2 cm³/mol. The van der Waals surface area contributed by atoms with E-state index in [-0.39, 0.29) is 17.9 Å². The summed E-state index contributed by atoms with van der Waals surface area (Å²) in [5.41, 5.74) is 0.657. The van der Waals surface area contributed by atoms with Crippen molar-refractivity contribution >= 4 is 35.1 Å². The number of halogens is 2. The summed E-state index contributed by atoms with van der Waals surface area (Å²) in [6, 6.07) is 7.37. The Morgan fingerprint density at radius 2 is 1.81 bits per heavy atom. The fraction of sp³-hybridized carbons (Fsp3) is 0.143. The van der Waals surface area contributed by atoms with Crippen LogP contribution in [0.15, 0.2) is 34.7 Å². The summed E-state index contributed by atoms with van der Waals surface area (Å²) in [5.74, 6) is -3.60. The zero-order chi connectivity index (χ0) is 15.6. The highest BCUT2D eigenvalue weighted by molar-refractivity contribution is 6.42. The van der Waals surface area contributed by atoms with Gasteiger partial charge in [0.15, 0.2) is 0 Å². The van der Waals surface area contributed by atoms with E-state index in [4.69, 9.17) is 32.7 Å². The van der Waals surface area contributed by atoms with Gasteiger partial charge in [0.2, 0.25) is 5.76 Å². The lowest BCUT2D eigenvalue weighted by Gasteiger charge is -2.10. The lowest BCUT2D eigenvalue weighted by molar-refractivity contribution is -0.139. The van der Waals surface area contributed by atoms with Gasteiger partial charge >= 0.3 is 11.9 Å². The van der Waals surface area contributed by atoms with Crippen molar-refractivity contribution in [3.8, 4) is 0 Å². The molecule has 1 heterocycles. The van der Waals surface area contributed by atoms with Gasteiger partial charge in [0.05, 0.1) is 10.0 Å². The van der Waals surface area contributed by atoms with Crippen LogP contribution in [-0.4, -0.2) is 22.2 Å². The minimum absolute atomic E-state index is 0.0750. The molecule has 0 saturated carbocycles. The number of hydrogen-bond donors (Lipinski definition) is 2. The Kier molecular flexibility index (Phi) is 4.55. The molecule has 0 amide bonds. The molecule has 0 fully saturated rings. The van der Waals surface area contributed by atoms with Gasteiger partial charge in [-0.05, 0) is 36.2 Å². The van der Waals surface area contributed by atoms with E-state index in [1.165, 1.54) is 12.1 Å². The van der Waals surface area contributed by atoms with Crippen LogP contribution in [0.3, 0.4) is 0 Å². The van der Waals surface area contributed by atoms with Gasteiger partial charge in [-0.3, -0.25) is 4.79 Å². The maximum atomic E-state index is 11.4. The third-order valence-electron chi connectivity index (χ3n) is 2.90. The standard InChI is InChI=1S/C14H10Cl2O5/c15-9-2-1-7(6-10(9)16)5-8(13(17)18)11-3-4-12(21-11)14(19)20/h1-4,6,8H,5H2,(H,17,18)(H,19,20). The zero-order valence-electron chi connectivity index (χ0n) is 10.5. The molecule has 7 heteroatoms. The van der Waals surface area contributed by atoms with Crippen LogP contribution in [0.1, 0.15) is 27.8 Å². The van der Waals surface area contributed by atoms with Crippen LogP contribution >= 0.6 is 23.2 Å². The molecule has 0 radical (unpaired) electrons. The highest BCUT2D eigenvalue weighted by atomic mass is 35.5. The first-order chi connectivity index (χ1) is 9.88. The molecular formula is C14H10Cl2O5. The second-order valence-electron chi connectivity index (χ2n) is 4.35. The van der Waals surface area contributed by atoms with Crippen LogP contribution in [0.2, 0.25) is 10.0 Å². The Morgan fingerprint density at radius 3 is 2.33 bits per heavy atom. The summed E-state index contributed by atoms with van der Waals surface area (Å²) in [5, 5.41) is 18.8. The van der Waals surface area contributed by atoms with Gasteiger partial charge in [-0.25, -0.2) is 4.79 Å². The van der Waals surface area contributed by atoms with Gasteiger partial charge in [0.25, 0.3) is 0 Å². The van der Waals surface area contributed by atoms with E-state index in [2.05, 4.69) is 0 Å².